The fraction of sp³-hybridized carbons (Fsp3) is 0.111. The van der Waals surface area contributed by atoms with Gasteiger partial charge in [-0.3, -0.25) is 9.48 Å². The summed E-state index contributed by atoms with van der Waals surface area (Å²) in [6, 6.07) is 16.8. The molecule has 0 saturated heterocycles. The Morgan fingerprint density at radius 1 is 1.17 bits per heavy atom. The van der Waals surface area contributed by atoms with Gasteiger partial charge in [-0.25, -0.2) is 0 Å². The van der Waals surface area contributed by atoms with Crippen molar-refractivity contribution in [3.05, 3.63) is 82.5 Å². The summed E-state index contributed by atoms with van der Waals surface area (Å²) < 4.78 is 1.76. The lowest BCUT2D eigenvalue weighted by Crippen LogP contribution is -2.13. The molecule has 0 bridgehead atoms. The van der Waals surface area contributed by atoms with E-state index in [4.69, 9.17) is 11.6 Å². The number of halogens is 1. The third-order valence-corrected chi connectivity index (χ3v) is 3.63. The highest BCUT2D eigenvalue weighted by Crippen LogP contribution is 2.13. The molecule has 5 heteroatoms. The molecule has 0 spiro atoms. The van der Waals surface area contributed by atoms with Gasteiger partial charge in [0.15, 0.2) is 5.82 Å². The van der Waals surface area contributed by atoms with Crippen molar-refractivity contribution in [1.29, 1.82) is 0 Å². The van der Waals surface area contributed by atoms with Crippen molar-refractivity contribution >= 4 is 23.3 Å². The Balaban J connectivity index is 1.68. The number of nitrogens with zero attached hydrogens (tertiary/aromatic N) is 2. The highest BCUT2D eigenvalue weighted by atomic mass is 35.5. The van der Waals surface area contributed by atoms with Gasteiger partial charge in [-0.15, -0.1) is 0 Å². The molecule has 0 aliphatic carbocycles. The zero-order chi connectivity index (χ0) is 16.2. The van der Waals surface area contributed by atoms with Crippen LogP contribution in [0.15, 0.2) is 60.8 Å². The number of hydrogen-bond acceptors (Lipinski definition) is 2. The Bertz CT molecular complexity index is 842. The minimum Gasteiger partial charge on any atom is -0.305 e. The largest absolute Gasteiger partial charge is 0.305 e. The van der Waals surface area contributed by atoms with E-state index in [1.54, 1.807) is 16.8 Å². The van der Waals surface area contributed by atoms with Crippen LogP contribution in [0.1, 0.15) is 21.5 Å². The zero-order valence-corrected chi connectivity index (χ0v) is 13.4. The van der Waals surface area contributed by atoms with E-state index in [1.165, 1.54) is 0 Å². The molecular formula is C18H16ClN3O. The summed E-state index contributed by atoms with van der Waals surface area (Å²) in [5, 5.41) is 7.87. The zero-order valence-electron chi connectivity index (χ0n) is 12.7. The predicted molar refractivity (Wildman–Crippen MR) is 91.9 cm³/mol. The van der Waals surface area contributed by atoms with Crippen LogP contribution in [0.25, 0.3) is 0 Å². The second-order valence-corrected chi connectivity index (χ2v) is 5.79. The van der Waals surface area contributed by atoms with Gasteiger partial charge in [-0.2, -0.15) is 5.10 Å². The van der Waals surface area contributed by atoms with Crippen molar-refractivity contribution < 1.29 is 4.79 Å². The molecule has 2 aromatic carbocycles. The van der Waals surface area contributed by atoms with Crippen LogP contribution < -0.4 is 5.32 Å². The molecule has 1 heterocycles. The molecule has 1 amide bonds. The van der Waals surface area contributed by atoms with Gasteiger partial charge in [-0.1, -0.05) is 41.4 Å². The lowest BCUT2D eigenvalue weighted by molar-refractivity contribution is 0.102. The summed E-state index contributed by atoms with van der Waals surface area (Å²) in [7, 11) is 0. The van der Waals surface area contributed by atoms with E-state index < -0.39 is 0 Å². The first-order valence-corrected chi connectivity index (χ1v) is 7.64. The van der Waals surface area contributed by atoms with E-state index in [1.807, 2.05) is 55.6 Å². The van der Waals surface area contributed by atoms with Gasteiger partial charge in [0.2, 0.25) is 0 Å². The highest BCUT2D eigenvalue weighted by Gasteiger charge is 2.08. The maximum absolute atomic E-state index is 12.2. The molecule has 0 saturated carbocycles. The van der Waals surface area contributed by atoms with E-state index in [0.717, 1.165) is 11.1 Å². The SMILES string of the molecule is Cc1cccc(C(=O)Nc2ccn(Cc3cccc(Cl)c3)n2)c1. The summed E-state index contributed by atoms with van der Waals surface area (Å²) in [5.41, 5.74) is 2.72. The molecule has 4 nitrogen and oxygen atoms in total. The van der Waals surface area contributed by atoms with Crippen molar-refractivity contribution in [1.82, 2.24) is 9.78 Å². The van der Waals surface area contributed by atoms with Gasteiger partial charge >= 0.3 is 0 Å². The van der Waals surface area contributed by atoms with Gasteiger partial charge in [0, 0.05) is 22.8 Å². The van der Waals surface area contributed by atoms with Gasteiger partial charge in [-0.05, 0) is 36.8 Å². The molecule has 3 rings (SSSR count). The van der Waals surface area contributed by atoms with E-state index >= 15 is 0 Å². The fourth-order valence-electron chi connectivity index (χ4n) is 2.31. The summed E-state index contributed by atoms with van der Waals surface area (Å²) in [4.78, 5) is 12.2. The monoisotopic (exact) mass is 325 g/mol. The Hall–Kier alpha value is -2.59. The Labute approximate surface area is 139 Å². The Morgan fingerprint density at radius 2 is 2.00 bits per heavy atom. The van der Waals surface area contributed by atoms with Crippen LogP contribution in [0.4, 0.5) is 5.82 Å². The van der Waals surface area contributed by atoms with Crippen molar-refractivity contribution in [3.8, 4) is 0 Å². The molecule has 0 unspecified atom stereocenters. The maximum Gasteiger partial charge on any atom is 0.256 e. The number of aryl methyl sites for hydroxylation is 1. The third-order valence-electron chi connectivity index (χ3n) is 3.40. The van der Waals surface area contributed by atoms with Crippen molar-refractivity contribution in [2.45, 2.75) is 13.5 Å². The second-order valence-electron chi connectivity index (χ2n) is 5.35. The van der Waals surface area contributed by atoms with Crippen LogP contribution in [0, 0.1) is 6.92 Å². The molecule has 1 N–H and O–H groups in total. The van der Waals surface area contributed by atoms with Crippen LogP contribution in [-0.2, 0) is 6.54 Å². The highest BCUT2D eigenvalue weighted by molar-refractivity contribution is 6.30. The van der Waals surface area contributed by atoms with E-state index in [9.17, 15) is 4.79 Å². The number of carbonyl (C=O) groups is 1. The molecule has 3 aromatic rings. The normalized spacial score (nSPS) is 10.5. The first-order valence-electron chi connectivity index (χ1n) is 7.26. The average Bonchev–Trinajstić information content (AvgIpc) is 2.94. The minimum absolute atomic E-state index is 0.165. The third kappa shape index (κ3) is 3.99. The molecule has 0 fully saturated rings. The lowest BCUT2D eigenvalue weighted by Gasteiger charge is -2.04. The van der Waals surface area contributed by atoms with Crippen LogP contribution in [-0.4, -0.2) is 15.7 Å². The number of nitrogens with one attached hydrogen (secondary N) is 1. The first kappa shape index (κ1) is 15.3. The van der Waals surface area contributed by atoms with Gasteiger partial charge in [0.05, 0.1) is 6.54 Å². The molecule has 1 aromatic heterocycles. The van der Waals surface area contributed by atoms with Gasteiger partial charge < -0.3 is 5.32 Å². The minimum atomic E-state index is -0.165. The number of anilines is 1. The molecular weight excluding hydrogens is 310 g/mol. The van der Waals surface area contributed by atoms with Crippen molar-refractivity contribution in [3.63, 3.8) is 0 Å². The number of benzene rings is 2. The van der Waals surface area contributed by atoms with Crippen molar-refractivity contribution in [2.24, 2.45) is 0 Å². The van der Waals surface area contributed by atoms with Crippen LogP contribution in [0.3, 0.4) is 0 Å². The quantitative estimate of drug-likeness (QED) is 0.783. The summed E-state index contributed by atoms with van der Waals surface area (Å²) in [6.07, 6.45) is 1.83. The first-order chi connectivity index (χ1) is 11.1. The Kier molecular flexibility index (Phi) is 4.44. The van der Waals surface area contributed by atoms with E-state index in [-0.39, 0.29) is 5.91 Å². The summed E-state index contributed by atoms with van der Waals surface area (Å²) in [6.45, 7) is 2.55. The number of aromatic nitrogens is 2. The van der Waals surface area contributed by atoms with E-state index in [0.29, 0.717) is 22.9 Å². The van der Waals surface area contributed by atoms with Crippen LogP contribution in [0.2, 0.25) is 5.02 Å². The van der Waals surface area contributed by atoms with E-state index in [2.05, 4.69) is 10.4 Å². The summed E-state index contributed by atoms with van der Waals surface area (Å²) >= 11 is 5.98. The molecule has 0 atom stereocenters. The van der Waals surface area contributed by atoms with Gasteiger partial charge in [0.25, 0.3) is 5.91 Å². The number of rotatable bonds is 4. The fourth-order valence-corrected chi connectivity index (χ4v) is 2.53. The molecule has 23 heavy (non-hydrogen) atoms. The maximum atomic E-state index is 12.2. The molecule has 0 radical (unpaired) electrons. The second kappa shape index (κ2) is 6.67. The molecule has 0 aliphatic rings. The standard InChI is InChI=1S/C18H16ClN3O/c1-13-4-2-6-15(10-13)18(23)20-17-8-9-22(21-17)12-14-5-3-7-16(19)11-14/h2-11H,12H2,1H3,(H,20,21,23). The molecule has 116 valence electrons. The lowest BCUT2D eigenvalue weighted by atomic mass is 10.1. The van der Waals surface area contributed by atoms with Crippen LogP contribution in [0.5, 0.6) is 0 Å². The average molecular weight is 326 g/mol. The number of carbonyl (C=O) groups excluding carboxylic acids is 1. The van der Waals surface area contributed by atoms with Gasteiger partial charge in [0.1, 0.15) is 0 Å². The number of amides is 1. The number of hydrogen-bond donors (Lipinski definition) is 1. The molecule has 0 aliphatic heterocycles. The predicted octanol–water partition coefficient (Wildman–Crippen LogP) is 4.15. The Morgan fingerprint density at radius 3 is 2.78 bits per heavy atom. The smallest absolute Gasteiger partial charge is 0.256 e. The topological polar surface area (TPSA) is 46.9 Å². The summed E-state index contributed by atoms with van der Waals surface area (Å²) in [5.74, 6) is 0.361. The van der Waals surface area contributed by atoms with Crippen molar-refractivity contribution in [2.75, 3.05) is 5.32 Å². The van der Waals surface area contributed by atoms with Crippen LogP contribution >= 0.6 is 11.6 Å².